The lowest BCUT2D eigenvalue weighted by Gasteiger charge is -2.15. The molecular weight excluding hydrogens is 317 g/mol. The summed E-state index contributed by atoms with van der Waals surface area (Å²) in [5, 5.41) is 8.17. The Kier molecular flexibility index (Phi) is 3.55. The van der Waals surface area contributed by atoms with Gasteiger partial charge in [-0.15, -0.1) is 0 Å². The van der Waals surface area contributed by atoms with Crippen LogP contribution < -0.4 is 5.32 Å². The van der Waals surface area contributed by atoms with Gasteiger partial charge in [0.1, 0.15) is 11.5 Å². The van der Waals surface area contributed by atoms with E-state index in [0.29, 0.717) is 6.67 Å². The highest BCUT2D eigenvalue weighted by Gasteiger charge is 2.23. The second-order valence-electron chi connectivity index (χ2n) is 5.30. The highest BCUT2D eigenvalue weighted by atomic mass is 35.5. The van der Waals surface area contributed by atoms with Crippen molar-refractivity contribution in [3.8, 4) is 22.5 Å². The van der Waals surface area contributed by atoms with Crippen LogP contribution >= 0.6 is 11.6 Å². The average molecular weight is 330 g/mol. The Bertz CT molecular complexity index is 859. The number of nitrogens with one attached hydrogen (secondary N) is 1. The summed E-state index contributed by atoms with van der Waals surface area (Å²) in [6.07, 6.45) is 2.47. The van der Waals surface area contributed by atoms with Gasteiger partial charge in [0.2, 0.25) is 5.28 Å². The predicted octanol–water partition coefficient (Wildman–Crippen LogP) is 2.90. The van der Waals surface area contributed by atoms with Crippen molar-refractivity contribution in [2.24, 2.45) is 0 Å². The van der Waals surface area contributed by atoms with E-state index in [4.69, 9.17) is 11.6 Å². The third-order valence-corrected chi connectivity index (χ3v) is 4.04. The van der Waals surface area contributed by atoms with Gasteiger partial charge in [-0.2, -0.15) is 5.10 Å². The van der Waals surface area contributed by atoms with Crippen molar-refractivity contribution in [2.45, 2.75) is 13.1 Å². The molecule has 0 radical (unpaired) electrons. The van der Waals surface area contributed by atoms with Gasteiger partial charge in [-0.1, -0.05) is 0 Å². The molecule has 3 aromatic rings. The van der Waals surface area contributed by atoms with Crippen LogP contribution in [-0.4, -0.2) is 26.3 Å². The Hall–Kier alpha value is -2.31. The van der Waals surface area contributed by atoms with Crippen molar-refractivity contribution in [1.29, 1.82) is 0 Å². The van der Waals surface area contributed by atoms with E-state index in [-0.39, 0.29) is 11.1 Å². The monoisotopic (exact) mass is 329 g/mol. The molecule has 0 amide bonds. The third-order valence-electron chi connectivity index (χ3n) is 3.86. The number of hydrogen-bond donors (Lipinski definition) is 1. The van der Waals surface area contributed by atoms with Crippen molar-refractivity contribution in [1.82, 2.24) is 25.1 Å². The van der Waals surface area contributed by atoms with Crippen LogP contribution in [-0.2, 0) is 13.1 Å². The summed E-state index contributed by atoms with van der Waals surface area (Å²) in [6.45, 7) is 1.52. The van der Waals surface area contributed by atoms with Crippen molar-refractivity contribution >= 4 is 11.6 Å². The van der Waals surface area contributed by atoms with Gasteiger partial charge in [0, 0.05) is 30.3 Å². The lowest BCUT2D eigenvalue weighted by Crippen LogP contribution is -2.29. The van der Waals surface area contributed by atoms with E-state index >= 15 is 0 Å². The number of aromatic nitrogens is 4. The zero-order chi connectivity index (χ0) is 15.8. The summed E-state index contributed by atoms with van der Waals surface area (Å²) in [5.74, 6) is -0.272. The molecule has 0 spiro atoms. The number of benzene rings is 1. The molecule has 23 heavy (non-hydrogen) atoms. The third kappa shape index (κ3) is 2.60. The molecular formula is C16H13ClFN5. The fourth-order valence-corrected chi connectivity index (χ4v) is 2.97. The summed E-state index contributed by atoms with van der Waals surface area (Å²) in [5.41, 5.74) is 4.38. The molecule has 116 valence electrons. The van der Waals surface area contributed by atoms with Crippen LogP contribution in [0.1, 0.15) is 5.69 Å². The van der Waals surface area contributed by atoms with Gasteiger partial charge in [0.05, 0.1) is 18.1 Å². The lowest BCUT2D eigenvalue weighted by molar-refractivity contribution is 0.454. The standard InChI is InChI=1S/C16H13ClFN5/c17-16-20-8-5-12(21-16)14-13-6-7-19-9-23(13)22-15(14)10-1-3-11(18)4-2-10/h1-5,8,19H,6-7,9H2. The Morgan fingerprint density at radius 1 is 1.17 bits per heavy atom. The van der Waals surface area contributed by atoms with E-state index in [1.54, 1.807) is 18.3 Å². The molecule has 0 fully saturated rings. The van der Waals surface area contributed by atoms with Gasteiger partial charge < -0.3 is 0 Å². The number of fused-ring (bicyclic) bond motifs is 1. The Labute approximate surface area is 137 Å². The summed E-state index contributed by atoms with van der Waals surface area (Å²) < 4.78 is 15.2. The van der Waals surface area contributed by atoms with Crippen LogP contribution in [0.4, 0.5) is 4.39 Å². The molecule has 0 saturated heterocycles. The van der Waals surface area contributed by atoms with Crippen LogP contribution in [0, 0.1) is 5.82 Å². The van der Waals surface area contributed by atoms with Gasteiger partial charge in [-0.25, -0.2) is 14.4 Å². The van der Waals surface area contributed by atoms with Gasteiger partial charge in [-0.05, 0) is 41.9 Å². The Balaban J connectivity index is 1.95. The van der Waals surface area contributed by atoms with E-state index in [1.165, 1.54) is 12.1 Å². The number of halogens is 2. The van der Waals surface area contributed by atoms with E-state index in [0.717, 1.165) is 41.2 Å². The van der Waals surface area contributed by atoms with Gasteiger partial charge in [0.15, 0.2) is 0 Å². The minimum atomic E-state index is -0.272. The molecule has 2 aromatic heterocycles. The van der Waals surface area contributed by atoms with Crippen LogP contribution in [0.2, 0.25) is 5.28 Å². The van der Waals surface area contributed by atoms with Gasteiger partial charge in [0.25, 0.3) is 0 Å². The Morgan fingerprint density at radius 3 is 2.78 bits per heavy atom. The van der Waals surface area contributed by atoms with Crippen molar-refractivity contribution in [3.05, 3.63) is 53.3 Å². The molecule has 0 bridgehead atoms. The molecule has 7 heteroatoms. The maximum Gasteiger partial charge on any atom is 0.222 e. The normalized spacial score (nSPS) is 13.8. The Morgan fingerprint density at radius 2 is 2.00 bits per heavy atom. The van der Waals surface area contributed by atoms with E-state index < -0.39 is 0 Å². The highest BCUT2D eigenvalue weighted by molar-refractivity contribution is 6.28. The topological polar surface area (TPSA) is 55.6 Å². The van der Waals surface area contributed by atoms with E-state index in [2.05, 4.69) is 20.4 Å². The quantitative estimate of drug-likeness (QED) is 0.734. The average Bonchev–Trinajstić information content (AvgIpc) is 2.95. The number of rotatable bonds is 2. The van der Waals surface area contributed by atoms with Crippen molar-refractivity contribution < 1.29 is 4.39 Å². The summed E-state index contributed by atoms with van der Waals surface area (Å²) in [6, 6.07) is 8.14. The molecule has 5 nitrogen and oxygen atoms in total. The summed E-state index contributed by atoms with van der Waals surface area (Å²) >= 11 is 5.95. The minimum absolute atomic E-state index is 0.196. The highest BCUT2D eigenvalue weighted by Crippen LogP contribution is 2.34. The molecule has 0 aliphatic carbocycles. The maximum atomic E-state index is 13.2. The van der Waals surface area contributed by atoms with Crippen LogP contribution in [0.5, 0.6) is 0 Å². The second-order valence-corrected chi connectivity index (χ2v) is 5.63. The van der Waals surface area contributed by atoms with Crippen LogP contribution in [0.15, 0.2) is 36.5 Å². The first-order valence-corrected chi connectivity index (χ1v) is 7.65. The maximum absolute atomic E-state index is 13.2. The van der Waals surface area contributed by atoms with Crippen LogP contribution in [0.3, 0.4) is 0 Å². The fourth-order valence-electron chi connectivity index (χ4n) is 2.83. The molecule has 3 heterocycles. The molecule has 1 aliphatic rings. The van der Waals surface area contributed by atoms with E-state index in [1.807, 2.05) is 10.7 Å². The molecule has 1 aromatic carbocycles. The first-order chi connectivity index (χ1) is 11.2. The molecule has 4 rings (SSSR count). The smallest absolute Gasteiger partial charge is 0.222 e. The molecule has 1 aliphatic heterocycles. The van der Waals surface area contributed by atoms with Gasteiger partial charge in [-0.3, -0.25) is 10.00 Å². The molecule has 0 saturated carbocycles. The molecule has 1 N–H and O–H groups in total. The molecule has 0 unspecified atom stereocenters. The zero-order valence-corrected chi connectivity index (χ0v) is 12.9. The zero-order valence-electron chi connectivity index (χ0n) is 12.1. The number of hydrogen-bond acceptors (Lipinski definition) is 4. The summed E-state index contributed by atoms with van der Waals surface area (Å²) in [4.78, 5) is 8.27. The lowest BCUT2D eigenvalue weighted by atomic mass is 10.0. The van der Waals surface area contributed by atoms with Crippen LogP contribution in [0.25, 0.3) is 22.5 Å². The predicted molar refractivity (Wildman–Crippen MR) is 85.4 cm³/mol. The first kappa shape index (κ1) is 14.3. The van der Waals surface area contributed by atoms with Gasteiger partial charge >= 0.3 is 0 Å². The van der Waals surface area contributed by atoms with Crippen molar-refractivity contribution in [2.75, 3.05) is 6.54 Å². The summed E-state index contributed by atoms with van der Waals surface area (Å²) in [7, 11) is 0. The first-order valence-electron chi connectivity index (χ1n) is 7.27. The number of nitrogens with zero attached hydrogens (tertiary/aromatic N) is 4. The largest absolute Gasteiger partial charge is 0.298 e. The van der Waals surface area contributed by atoms with Crippen molar-refractivity contribution in [3.63, 3.8) is 0 Å². The minimum Gasteiger partial charge on any atom is -0.298 e. The SMILES string of the molecule is Fc1ccc(-c2nn3c(c2-c2ccnc(Cl)n2)CCNC3)cc1. The second kappa shape index (κ2) is 5.72. The van der Waals surface area contributed by atoms with E-state index in [9.17, 15) is 4.39 Å². The fraction of sp³-hybridized carbons (Fsp3) is 0.188. The molecule has 0 atom stereocenters.